The third kappa shape index (κ3) is 3.06. The Bertz CT molecular complexity index is 1690. The summed E-state index contributed by atoms with van der Waals surface area (Å²) < 4.78 is 3.99. The Kier molecular flexibility index (Phi) is 4.42. The zero-order valence-corrected chi connectivity index (χ0v) is 19.2. The molecule has 8 nitrogen and oxygen atoms in total. The van der Waals surface area contributed by atoms with Gasteiger partial charge >= 0.3 is 0 Å². The van der Waals surface area contributed by atoms with Crippen LogP contribution in [0, 0.1) is 0 Å². The van der Waals surface area contributed by atoms with Crippen molar-refractivity contribution in [2.24, 2.45) is 0 Å². The molecule has 1 amide bonds. The molecule has 0 saturated carbocycles. The number of hydrogen-bond donors (Lipinski definition) is 1. The highest BCUT2D eigenvalue weighted by molar-refractivity contribution is 5.92. The first-order valence-electron chi connectivity index (χ1n) is 12.1. The van der Waals surface area contributed by atoms with Crippen molar-refractivity contribution in [3.8, 4) is 11.5 Å². The topological polar surface area (TPSA) is 88.8 Å². The number of carbonyl (C=O) groups excluding carboxylic acids is 1. The van der Waals surface area contributed by atoms with Gasteiger partial charge in [-0.1, -0.05) is 30.3 Å². The smallest absolute Gasteiger partial charge is 0.261 e. The van der Waals surface area contributed by atoms with E-state index in [0.717, 1.165) is 35.4 Å². The van der Waals surface area contributed by atoms with E-state index >= 15 is 0 Å². The zero-order valence-electron chi connectivity index (χ0n) is 19.2. The van der Waals surface area contributed by atoms with Crippen LogP contribution in [0.5, 0.6) is 0 Å². The number of fused-ring (bicyclic) bond motifs is 7. The van der Waals surface area contributed by atoms with Crippen molar-refractivity contribution in [1.29, 1.82) is 0 Å². The van der Waals surface area contributed by atoms with Gasteiger partial charge in [-0.3, -0.25) is 14.2 Å². The summed E-state index contributed by atoms with van der Waals surface area (Å²) in [6.45, 7) is 2.40. The standard InChI is InChI=1S/C27H24N6O2/c34-24(31-12-10-21-22(15-31)29-16-28-21)11-14-32-23-8-4-2-5-17(23)18-9-13-33-26(25(18)32)30-20-7-3-1-6-19(20)27(33)35/h1-8,16H,9-15H2,(H,28,29). The molecule has 8 heteroatoms. The second-order valence-electron chi connectivity index (χ2n) is 9.30. The molecular weight excluding hydrogens is 440 g/mol. The molecule has 2 aliphatic heterocycles. The maximum absolute atomic E-state index is 13.3. The van der Waals surface area contributed by atoms with Crippen LogP contribution < -0.4 is 5.56 Å². The molecular formula is C27H24N6O2. The van der Waals surface area contributed by atoms with E-state index in [-0.39, 0.29) is 11.5 Å². The van der Waals surface area contributed by atoms with Gasteiger partial charge in [0.2, 0.25) is 5.91 Å². The normalized spacial score (nSPS) is 14.7. The van der Waals surface area contributed by atoms with Crippen LogP contribution >= 0.6 is 0 Å². The van der Waals surface area contributed by atoms with Crippen molar-refractivity contribution in [1.82, 2.24) is 29.0 Å². The molecule has 0 fully saturated rings. The Hall–Kier alpha value is -4.20. The summed E-state index contributed by atoms with van der Waals surface area (Å²) >= 11 is 0. The molecule has 35 heavy (non-hydrogen) atoms. The number of H-pyrrole nitrogens is 1. The molecule has 0 radical (unpaired) electrons. The average molecular weight is 465 g/mol. The molecule has 0 atom stereocenters. The first-order chi connectivity index (χ1) is 17.2. The van der Waals surface area contributed by atoms with Crippen LogP contribution in [-0.2, 0) is 37.3 Å². The van der Waals surface area contributed by atoms with Crippen LogP contribution in [0.4, 0.5) is 0 Å². The van der Waals surface area contributed by atoms with Gasteiger partial charge in [-0.2, -0.15) is 0 Å². The summed E-state index contributed by atoms with van der Waals surface area (Å²) in [4.78, 5) is 40.9. The number of aromatic amines is 1. The minimum atomic E-state index is -0.00666. The van der Waals surface area contributed by atoms with E-state index < -0.39 is 0 Å². The minimum absolute atomic E-state index is 0.00666. The van der Waals surface area contributed by atoms with Gasteiger partial charge in [-0.05, 0) is 30.2 Å². The third-order valence-corrected chi connectivity index (χ3v) is 7.41. The van der Waals surface area contributed by atoms with Gasteiger partial charge in [-0.25, -0.2) is 9.97 Å². The molecule has 0 aliphatic carbocycles. The molecule has 5 aromatic rings. The number of carbonyl (C=O) groups is 1. The number of hydrogen-bond acceptors (Lipinski definition) is 4. The Morgan fingerprint density at radius 2 is 1.83 bits per heavy atom. The van der Waals surface area contributed by atoms with Gasteiger partial charge in [0.15, 0.2) is 5.82 Å². The van der Waals surface area contributed by atoms with Crippen LogP contribution in [0.3, 0.4) is 0 Å². The Labute approximate surface area is 200 Å². The molecule has 2 aromatic carbocycles. The number of para-hydroxylation sites is 2. The molecule has 0 bridgehead atoms. The number of rotatable bonds is 3. The number of benzene rings is 2. The average Bonchev–Trinajstić information content (AvgIpc) is 3.49. The quantitative estimate of drug-likeness (QED) is 0.444. The monoisotopic (exact) mass is 464 g/mol. The number of aromatic nitrogens is 5. The largest absolute Gasteiger partial charge is 0.347 e. The summed E-state index contributed by atoms with van der Waals surface area (Å²) in [5.41, 5.74) is 6.02. The summed E-state index contributed by atoms with van der Waals surface area (Å²) in [6.07, 6.45) is 3.62. The second kappa shape index (κ2) is 7.66. The zero-order chi connectivity index (χ0) is 23.5. The number of aryl methyl sites for hydroxylation is 2. The van der Waals surface area contributed by atoms with Gasteiger partial charge in [-0.15, -0.1) is 0 Å². The van der Waals surface area contributed by atoms with Crippen molar-refractivity contribution >= 4 is 27.7 Å². The van der Waals surface area contributed by atoms with E-state index in [0.29, 0.717) is 49.3 Å². The van der Waals surface area contributed by atoms with Gasteiger partial charge in [0.05, 0.1) is 40.9 Å². The Morgan fingerprint density at radius 1 is 1.00 bits per heavy atom. The van der Waals surface area contributed by atoms with Crippen LogP contribution in [0.15, 0.2) is 59.7 Å². The molecule has 1 N–H and O–H groups in total. The molecule has 5 heterocycles. The van der Waals surface area contributed by atoms with Crippen molar-refractivity contribution in [3.05, 3.63) is 82.2 Å². The second-order valence-corrected chi connectivity index (χ2v) is 9.30. The van der Waals surface area contributed by atoms with Gasteiger partial charge < -0.3 is 14.5 Å². The van der Waals surface area contributed by atoms with Crippen LogP contribution in [0.2, 0.25) is 0 Å². The van der Waals surface area contributed by atoms with Crippen molar-refractivity contribution < 1.29 is 4.79 Å². The van der Waals surface area contributed by atoms with E-state index in [2.05, 4.69) is 26.7 Å². The molecule has 3 aromatic heterocycles. The van der Waals surface area contributed by atoms with E-state index in [1.165, 1.54) is 10.9 Å². The maximum Gasteiger partial charge on any atom is 0.261 e. The minimum Gasteiger partial charge on any atom is -0.347 e. The fraction of sp³-hybridized carbons (Fsp3) is 0.259. The lowest BCUT2D eigenvalue weighted by Gasteiger charge is -2.27. The lowest BCUT2D eigenvalue weighted by atomic mass is 10.0. The number of amides is 1. The molecule has 0 saturated heterocycles. The number of imidazole rings is 1. The van der Waals surface area contributed by atoms with E-state index in [1.807, 2.05) is 41.3 Å². The SMILES string of the molecule is O=C(CCn1c2c(c3ccccc31)CCn1c-2nc2ccccc2c1=O)N1CCc2nc[nH]c2C1. The number of nitrogens with one attached hydrogen (secondary N) is 1. The van der Waals surface area contributed by atoms with E-state index in [1.54, 1.807) is 10.9 Å². The number of nitrogens with zero attached hydrogens (tertiary/aromatic N) is 5. The fourth-order valence-corrected chi connectivity index (χ4v) is 5.69. The Morgan fingerprint density at radius 3 is 2.74 bits per heavy atom. The fourth-order valence-electron chi connectivity index (χ4n) is 5.69. The molecule has 7 rings (SSSR count). The summed E-state index contributed by atoms with van der Waals surface area (Å²) in [5.74, 6) is 0.815. The van der Waals surface area contributed by atoms with Crippen LogP contribution in [-0.4, -0.2) is 41.4 Å². The molecule has 174 valence electrons. The predicted molar refractivity (Wildman–Crippen MR) is 133 cm³/mol. The maximum atomic E-state index is 13.3. The van der Waals surface area contributed by atoms with Gasteiger partial charge in [0, 0.05) is 43.4 Å². The lowest BCUT2D eigenvalue weighted by Crippen LogP contribution is -2.36. The highest BCUT2D eigenvalue weighted by Crippen LogP contribution is 2.36. The molecule has 0 unspecified atom stereocenters. The Balaban J connectivity index is 1.30. The first kappa shape index (κ1) is 20.2. The first-order valence-corrected chi connectivity index (χ1v) is 12.1. The van der Waals surface area contributed by atoms with E-state index in [4.69, 9.17) is 4.98 Å². The highest BCUT2D eigenvalue weighted by Gasteiger charge is 2.28. The van der Waals surface area contributed by atoms with Crippen LogP contribution in [0.25, 0.3) is 33.3 Å². The highest BCUT2D eigenvalue weighted by atomic mass is 16.2. The van der Waals surface area contributed by atoms with Crippen molar-refractivity contribution in [2.45, 2.75) is 38.9 Å². The van der Waals surface area contributed by atoms with Gasteiger partial charge in [0.1, 0.15) is 0 Å². The van der Waals surface area contributed by atoms with Gasteiger partial charge in [0.25, 0.3) is 5.56 Å². The molecule has 2 aliphatic rings. The predicted octanol–water partition coefficient (Wildman–Crippen LogP) is 3.27. The van der Waals surface area contributed by atoms with E-state index in [9.17, 15) is 9.59 Å². The third-order valence-electron chi connectivity index (χ3n) is 7.41. The summed E-state index contributed by atoms with van der Waals surface area (Å²) in [6, 6.07) is 15.8. The van der Waals surface area contributed by atoms with Crippen molar-refractivity contribution in [3.63, 3.8) is 0 Å². The van der Waals surface area contributed by atoms with Crippen molar-refractivity contribution in [2.75, 3.05) is 6.54 Å². The summed E-state index contributed by atoms with van der Waals surface area (Å²) in [5, 5.41) is 1.81. The van der Waals surface area contributed by atoms with Crippen LogP contribution in [0.1, 0.15) is 23.4 Å². The lowest BCUT2D eigenvalue weighted by molar-refractivity contribution is -0.132. The molecule has 0 spiro atoms. The summed E-state index contributed by atoms with van der Waals surface area (Å²) in [7, 11) is 0.